The third-order valence-electron chi connectivity index (χ3n) is 4.26. The van der Waals surface area contributed by atoms with Crippen LogP contribution in [0.4, 0.5) is 5.13 Å². The van der Waals surface area contributed by atoms with Crippen LogP contribution in [0.15, 0.2) is 30.5 Å². The molecule has 0 saturated carbocycles. The lowest BCUT2D eigenvalue weighted by atomic mass is 10.2. The molecule has 1 aliphatic rings. The van der Waals surface area contributed by atoms with Gasteiger partial charge < -0.3 is 14.0 Å². The lowest BCUT2D eigenvalue weighted by Gasteiger charge is -2.06. The molecule has 1 aliphatic heterocycles. The molecule has 1 saturated heterocycles. The molecule has 26 heavy (non-hydrogen) atoms. The summed E-state index contributed by atoms with van der Waals surface area (Å²) < 4.78 is 13.0. The molecule has 1 fully saturated rings. The van der Waals surface area contributed by atoms with Crippen LogP contribution >= 0.6 is 11.3 Å². The van der Waals surface area contributed by atoms with Crippen LogP contribution in [0.25, 0.3) is 10.9 Å². The van der Waals surface area contributed by atoms with E-state index < -0.39 is 0 Å². The number of ether oxygens (including phenoxy) is 2. The van der Waals surface area contributed by atoms with E-state index in [1.807, 2.05) is 42.0 Å². The van der Waals surface area contributed by atoms with Crippen molar-refractivity contribution in [2.24, 2.45) is 0 Å². The van der Waals surface area contributed by atoms with Crippen molar-refractivity contribution in [1.29, 1.82) is 0 Å². The quantitative estimate of drug-likeness (QED) is 0.718. The number of aromatic nitrogens is 3. The fourth-order valence-corrected chi connectivity index (χ4v) is 3.92. The van der Waals surface area contributed by atoms with Gasteiger partial charge in [0.1, 0.15) is 23.4 Å². The molecular formula is C18H20N4O3S. The lowest BCUT2D eigenvalue weighted by molar-refractivity contribution is -0.116. The zero-order chi connectivity index (χ0) is 17.9. The number of hydrogen-bond donors (Lipinski definition) is 1. The molecule has 1 aromatic carbocycles. The number of amides is 1. The molecule has 1 amide bonds. The molecule has 0 spiro atoms. The Morgan fingerprint density at radius 2 is 2.35 bits per heavy atom. The minimum absolute atomic E-state index is 0.0195. The first-order valence-electron chi connectivity index (χ1n) is 8.69. The van der Waals surface area contributed by atoms with E-state index in [9.17, 15) is 4.79 Å². The van der Waals surface area contributed by atoms with Crippen molar-refractivity contribution >= 4 is 33.3 Å². The van der Waals surface area contributed by atoms with Crippen LogP contribution in [-0.2, 0) is 16.1 Å². The summed E-state index contributed by atoms with van der Waals surface area (Å²) in [4.78, 5) is 12.4. The summed E-state index contributed by atoms with van der Waals surface area (Å²) in [7, 11) is 0. The van der Waals surface area contributed by atoms with Crippen LogP contribution < -0.4 is 10.1 Å². The summed E-state index contributed by atoms with van der Waals surface area (Å²) in [5.74, 6) is 0.698. The second kappa shape index (κ2) is 7.43. The molecule has 1 atom stereocenters. The minimum atomic E-state index is -0.133. The van der Waals surface area contributed by atoms with Crippen LogP contribution in [0.2, 0.25) is 0 Å². The third kappa shape index (κ3) is 3.56. The van der Waals surface area contributed by atoms with Crippen LogP contribution in [0.5, 0.6) is 5.75 Å². The molecule has 3 aromatic rings. The Morgan fingerprint density at radius 1 is 1.42 bits per heavy atom. The molecule has 8 heteroatoms. The van der Waals surface area contributed by atoms with Gasteiger partial charge in [-0.05, 0) is 44.0 Å². The van der Waals surface area contributed by atoms with Gasteiger partial charge in [0.2, 0.25) is 11.0 Å². The second-order valence-corrected chi connectivity index (χ2v) is 7.10. The van der Waals surface area contributed by atoms with Gasteiger partial charge in [0.05, 0.1) is 6.61 Å². The van der Waals surface area contributed by atoms with Crippen molar-refractivity contribution in [1.82, 2.24) is 14.8 Å². The molecule has 2 aromatic heterocycles. The maximum absolute atomic E-state index is 12.4. The highest BCUT2D eigenvalue weighted by Crippen LogP contribution is 2.32. The highest BCUT2D eigenvalue weighted by atomic mass is 32.1. The zero-order valence-corrected chi connectivity index (χ0v) is 15.3. The molecule has 3 heterocycles. The summed E-state index contributed by atoms with van der Waals surface area (Å²) in [5.41, 5.74) is 0.987. The van der Waals surface area contributed by atoms with Crippen molar-refractivity contribution in [2.75, 3.05) is 18.5 Å². The maximum atomic E-state index is 12.4. The summed E-state index contributed by atoms with van der Waals surface area (Å²) in [6, 6.07) is 7.84. The molecule has 0 aliphatic carbocycles. The van der Waals surface area contributed by atoms with Crippen LogP contribution in [0.1, 0.15) is 30.9 Å². The van der Waals surface area contributed by atoms with Gasteiger partial charge in [0.25, 0.3) is 0 Å². The van der Waals surface area contributed by atoms with Crippen molar-refractivity contribution < 1.29 is 14.3 Å². The Kier molecular flexibility index (Phi) is 4.85. The summed E-state index contributed by atoms with van der Waals surface area (Å²) >= 11 is 1.38. The average Bonchev–Trinajstić information content (AvgIpc) is 3.36. The van der Waals surface area contributed by atoms with Gasteiger partial charge >= 0.3 is 0 Å². The van der Waals surface area contributed by atoms with E-state index in [4.69, 9.17) is 9.47 Å². The molecule has 136 valence electrons. The maximum Gasteiger partial charge on any atom is 0.246 e. The third-order valence-corrected chi connectivity index (χ3v) is 5.19. The topological polar surface area (TPSA) is 78.3 Å². The Morgan fingerprint density at radius 3 is 3.15 bits per heavy atom. The van der Waals surface area contributed by atoms with E-state index >= 15 is 0 Å². The van der Waals surface area contributed by atoms with Crippen molar-refractivity contribution in [3.63, 3.8) is 0 Å². The van der Waals surface area contributed by atoms with Crippen LogP contribution in [0, 0.1) is 0 Å². The highest BCUT2D eigenvalue weighted by Gasteiger charge is 2.22. The van der Waals surface area contributed by atoms with E-state index in [0.717, 1.165) is 41.1 Å². The van der Waals surface area contributed by atoms with Crippen molar-refractivity contribution in [3.8, 4) is 5.75 Å². The number of carbonyl (C=O) groups excluding carboxylic acids is 1. The second-order valence-electron chi connectivity index (χ2n) is 6.09. The number of carbonyl (C=O) groups is 1. The minimum Gasteiger partial charge on any atom is -0.494 e. The van der Waals surface area contributed by atoms with Gasteiger partial charge in [-0.3, -0.25) is 10.1 Å². The fraction of sp³-hybridized carbons (Fsp3) is 0.389. The Hall–Kier alpha value is -2.45. The smallest absolute Gasteiger partial charge is 0.246 e. The molecule has 7 nitrogen and oxygen atoms in total. The summed E-state index contributed by atoms with van der Waals surface area (Å²) in [5, 5.41) is 13.4. The van der Waals surface area contributed by atoms with E-state index in [-0.39, 0.29) is 18.6 Å². The van der Waals surface area contributed by atoms with Crippen LogP contribution in [-0.4, -0.2) is 33.9 Å². The van der Waals surface area contributed by atoms with Crippen molar-refractivity contribution in [3.05, 3.63) is 35.5 Å². The van der Waals surface area contributed by atoms with E-state index in [0.29, 0.717) is 11.7 Å². The first kappa shape index (κ1) is 17.0. The summed E-state index contributed by atoms with van der Waals surface area (Å²) in [6.07, 6.45) is 3.92. The summed E-state index contributed by atoms with van der Waals surface area (Å²) in [6.45, 7) is 3.56. The normalized spacial score (nSPS) is 16.9. The number of anilines is 1. The molecule has 1 N–H and O–H groups in total. The highest BCUT2D eigenvalue weighted by molar-refractivity contribution is 7.15. The number of hydrogen-bond acceptors (Lipinski definition) is 6. The molecule has 0 bridgehead atoms. The molecule has 1 unspecified atom stereocenters. The number of benzene rings is 1. The van der Waals surface area contributed by atoms with Crippen molar-refractivity contribution in [2.45, 2.75) is 32.4 Å². The van der Waals surface area contributed by atoms with Crippen LogP contribution in [0.3, 0.4) is 0 Å². The number of nitrogens with one attached hydrogen (secondary N) is 1. The molecular weight excluding hydrogens is 352 g/mol. The number of rotatable bonds is 6. The van der Waals surface area contributed by atoms with E-state index in [1.54, 1.807) is 0 Å². The van der Waals surface area contributed by atoms with E-state index in [2.05, 4.69) is 15.5 Å². The molecule has 0 radical (unpaired) electrons. The first-order valence-corrected chi connectivity index (χ1v) is 9.51. The monoisotopic (exact) mass is 372 g/mol. The molecule has 4 rings (SSSR count). The van der Waals surface area contributed by atoms with Gasteiger partial charge in [-0.2, -0.15) is 0 Å². The standard InChI is InChI=1S/C18H20N4O3S/c1-2-24-13-5-6-14-12(10-13)7-8-22(14)11-16(23)19-18-21-20-17(26-18)15-4-3-9-25-15/h5-8,10,15H,2-4,9,11H2,1H3,(H,19,21,23). The number of fused-ring (bicyclic) bond motifs is 1. The predicted octanol–water partition coefficient (Wildman–Crippen LogP) is 3.38. The predicted molar refractivity (Wildman–Crippen MR) is 99.6 cm³/mol. The van der Waals surface area contributed by atoms with Gasteiger partial charge in [0.15, 0.2) is 0 Å². The lowest BCUT2D eigenvalue weighted by Crippen LogP contribution is -2.18. The van der Waals surface area contributed by atoms with E-state index in [1.165, 1.54) is 11.3 Å². The van der Waals surface area contributed by atoms with Gasteiger partial charge in [0, 0.05) is 23.7 Å². The first-order chi connectivity index (χ1) is 12.7. The fourth-order valence-electron chi connectivity index (χ4n) is 3.07. The average molecular weight is 372 g/mol. The SMILES string of the molecule is CCOc1ccc2c(ccn2CC(=O)Nc2nnc(C3CCCO3)s2)c1. The van der Waals surface area contributed by atoms with Gasteiger partial charge in [-0.25, -0.2) is 0 Å². The zero-order valence-electron chi connectivity index (χ0n) is 14.5. The van der Waals surface area contributed by atoms with Gasteiger partial charge in [-0.15, -0.1) is 10.2 Å². The Labute approximate surface area is 154 Å². The Bertz CT molecular complexity index is 914. The van der Waals surface area contributed by atoms with Gasteiger partial charge in [-0.1, -0.05) is 11.3 Å². The number of nitrogens with zero attached hydrogens (tertiary/aromatic N) is 3. The largest absolute Gasteiger partial charge is 0.494 e. The Balaban J connectivity index is 1.42.